The van der Waals surface area contributed by atoms with Crippen molar-refractivity contribution in [1.82, 2.24) is 0 Å². The molecule has 0 rings (SSSR count). The summed E-state index contributed by atoms with van der Waals surface area (Å²) in [7, 11) is 0. The fraction of sp³-hybridized carbons (Fsp3) is 1.00. The number of hydrogen-bond donors (Lipinski definition) is 0. The van der Waals surface area contributed by atoms with Crippen LogP contribution in [0.15, 0.2) is 0 Å². The topological polar surface area (TPSA) is 0 Å². The van der Waals surface area contributed by atoms with E-state index in [2.05, 4.69) is 32.5 Å². The second kappa shape index (κ2) is 7.04. The molecule has 6 heavy (non-hydrogen) atoms. The predicted molar refractivity (Wildman–Crippen MR) is 44.6 cm³/mol. The van der Waals surface area contributed by atoms with E-state index in [1.165, 1.54) is 0 Å². The van der Waals surface area contributed by atoms with Gasteiger partial charge in [0.15, 0.2) is 0 Å². The molecule has 0 aliphatic heterocycles. The molecule has 0 aromatic carbocycles. The van der Waals surface area contributed by atoms with Gasteiger partial charge < -0.3 is 0 Å². The summed E-state index contributed by atoms with van der Waals surface area (Å²) in [5.74, 6) is 0. The Morgan fingerprint density at radius 2 is 1.67 bits per heavy atom. The zero-order chi connectivity index (χ0) is 4.28. The van der Waals surface area contributed by atoms with Crippen molar-refractivity contribution in [3.8, 4) is 0 Å². The first-order valence-electron chi connectivity index (χ1n) is 1.54. The molecule has 0 bridgehead atoms. The molecular formula is C3H8I2V. The van der Waals surface area contributed by atoms with Crippen LogP contribution in [0, 0.1) is 0 Å². The van der Waals surface area contributed by atoms with Gasteiger partial charge in [-0.15, -0.1) is 0 Å². The predicted octanol–water partition coefficient (Wildman–Crippen LogP) is 2.45. The molecule has 0 atom stereocenters. The van der Waals surface area contributed by atoms with E-state index in [0.29, 0.717) is 17.2 Å². The molecule has 0 aromatic rings. The Bertz CT molecular complexity index is 22.8. The van der Waals surface area contributed by atoms with E-state index in [1.54, 1.807) is 0 Å². The quantitative estimate of drug-likeness (QED) is 0.504. The van der Waals surface area contributed by atoms with Gasteiger partial charge in [-0.1, -0.05) is 0 Å². The Kier molecular flexibility index (Phi) is 12.8. The molecule has 0 amide bonds. The first-order chi connectivity index (χ1) is 2.27. The van der Waals surface area contributed by atoms with Crippen LogP contribution in [0.5, 0.6) is 0 Å². The van der Waals surface area contributed by atoms with Crippen molar-refractivity contribution in [2.24, 2.45) is 0 Å². The SMILES string of the molecule is CC(C)[IH]I.[V]. The Morgan fingerprint density at radius 3 is 1.67 bits per heavy atom. The van der Waals surface area contributed by atoms with Gasteiger partial charge in [-0.25, -0.2) is 0 Å². The Labute approximate surface area is 71.2 Å². The monoisotopic (exact) mass is 349 g/mol. The van der Waals surface area contributed by atoms with Gasteiger partial charge in [0, 0.05) is 18.6 Å². The summed E-state index contributed by atoms with van der Waals surface area (Å²) in [6.07, 6.45) is 0. The number of rotatable bonds is 1. The standard InChI is InChI=1S/C3H8I2.V/c1-3(2)5-4;/h3,5H,1-2H3;. The third-order valence-electron chi connectivity index (χ3n) is 0.178. The maximum Gasteiger partial charge on any atom is 0 e. The molecule has 0 unspecified atom stereocenters. The molecule has 3 heteroatoms. The number of alkyl halides is 1. The Morgan fingerprint density at radius 1 is 1.50 bits per heavy atom. The Hall–Kier alpha value is 2.04. The summed E-state index contributed by atoms with van der Waals surface area (Å²) < 4.78 is 1.00. The van der Waals surface area contributed by atoms with Crippen LogP contribution in [0.1, 0.15) is 13.8 Å². The van der Waals surface area contributed by atoms with Crippen molar-refractivity contribution in [3.63, 3.8) is 0 Å². The van der Waals surface area contributed by atoms with Gasteiger partial charge >= 0.3 is 53.6 Å². The summed E-state index contributed by atoms with van der Waals surface area (Å²) in [5, 5.41) is 0. The van der Waals surface area contributed by atoms with Crippen LogP contribution < -0.4 is 0 Å². The van der Waals surface area contributed by atoms with Crippen molar-refractivity contribution in [1.29, 1.82) is 0 Å². The zero-order valence-corrected chi connectivity index (χ0v) is 9.70. The van der Waals surface area contributed by atoms with E-state index in [9.17, 15) is 0 Å². The fourth-order valence-corrected chi connectivity index (χ4v) is 0. The second-order valence-electron chi connectivity index (χ2n) is 1.14. The van der Waals surface area contributed by atoms with Crippen LogP contribution in [0.4, 0.5) is 0 Å². The summed E-state index contributed by atoms with van der Waals surface area (Å²) >= 11 is 2.89. The van der Waals surface area contributed by atoms with E-state index in [0.717, 1.165) is 3.92 Å². The van der Waals surface area contributed by atoms with E-state index >= 15 is 0 Å². The van der Waals surface area contributed by atoms with Gasteiger partial charge in [0.2, 0.25) is 0 Å². The summed E-state index contributed by atoms with van der Waals surface area (Å²) in [6, 6.07) is 0. The van der Waals surface area contributed by atoms with Gasteiger partial charge in [0.1, 0.15) is 0 Å². The molecule has 0 aliphatic carbocycles. The fourth-order valence-electron chi connectivity index (χ4n) is 0. The molecule has 39 valence electrons. The molecule has 1 radical (unpaired) electrons. The van der Waals surface area contributed by atoms with Gasteiger partial charge in [-0.2, -0.15) is 0 Å². The van der Waals surface area contributed by atoms with Crippen LogP contribution in [-0.4, -0.2) is 3.92 Å². The van der Waals surface area contributed by atoms with Crippen LogP contribution >= 0.6 is 35.8 Å². The summed E-state index contributed by atoms with van der Waals surface area (Å²) in [4.78, 5) is 0. The molecule has 0 spiro atoms. The minimum absolute atomic E-state index is 0. The minimum Gasteiger partial charge on any atom is 0 e. The van der Waals surface area contributed by atoms with E-state index < -0.39 is 0 Å². The van der Waals surface area contributed by atoms with Crippen LogP contribution in [0.25, 0.3) is 0 Å². The number of hydrogen-bond acceptors (Lipinski definition) is 0. The third-order valence-corrected chi connectivity index (χ3v) is 8.02. The third kappa shape index (κ3) is 9.40. The molecule has 0 nitrogen and oxygen atoms in total. The first kappa shape index (κ1) is 10.9. The molecule has 0 heterocycles. The smallest absolute Gasteiger partial charge is 0 e. The van der Waals surface area contributed by atoms with E-state index in [1.807, 2.05) is 0 Å². The Balaban J connectivity index is 0. The van der Waals surface area contributed by atoms with Crippen molar-refractivity contribution in [2.75, 3.05) is 0 Å². The average molecular weight is 349 g/mol. The van der Waals surface area contributed by atoms with Crippen molar-refractivity contribution >= 4 is 35.8 Å². The second-order valence-corrected chi connectivity index (χ2v) is 7.75. The van der Waals surface area contributed by atoms with Crippen LogP contribution in [-0.2, 0) is 18.6 Å². The van der Waals surface area contributed by atoms with Crippen molar-refractivity contribution in [3.05, 3.63) is 0 Å². The van der Waals surface area contributed by atoms with Gasteiger partial charge in [-0.3, -0.25) is 0 Å². The molecule has 0 aliphatic rings. The summed E-state index contributed by atoms with van der Waals surface area (Å²) in [5.41, 5.74) is 0. The van der Waals surface area contributed by atoms with Crippen molar-refractivity contribution < 1.29 is 18.6 Å². The van der Waals surface area contributed by atoms with Crippen molar-refractivity contribution in [2.45, 2.75) is 17.8 Å². The van der Waals surface area contributed by atoms with E-state index in [4.69, 9.17) is 0 Å². The minimum atomic E-state index is 0. The molecule has 0 saturated heterocycles. The molecule has 0 N–H and O–H groups in total. The molecular weight excluding hydrogens is 341 g/mol. The first-order valence-corrected chi connectivity index (χ1v) is 9.68. The van der Waals surface area contributed by atoms with E-state index in [-0.39, 0.29) is 18.6 Å². The maximum absolute atomic E-state index is 2.51. The van der Waals surface area contributed by atoms with Gasteiger partial charge in [-0.05, 0) is 0 Å². The molecule has 0 fully saturated rings. The van der Waals surface area contributed by atoms with Gasteiger partial charge in [0.05, 0.1) is 0 Å². The van der Waals surface area contributed by atoms with Crippen LogP contribution in [0.2, 0.25) is 0 Å². The number of halogens is 2. The molecule has 0 aromatic heterocycles. The maximum atomic E-state index is 2.51. The molecule has 0 saturated carbocycles. The normalized spacial score (nSPS) is 8.67. The largest absolute Gasteiger partial charge is 0 e. The zero-order valence-electron chi connectivity index (χ0n) is 3.81. The average Bonchev–Trinajstić information content (AvgIpc) is 1.38. The van der Waals surface area contributed by atoms with Crippen LogP contribution in [0.3, 0.4) is 0 Å². The van der Waals surface area contributed by atoms with Gasteiger partial charge in [0.25, 0.3) is 0 Å². The summed E-state index contributed by atoms with van der Waals surface area (Å²) in [6.45, 7) is 4.54.